The number of rotatable bonds is 14. The average Bonchev–Trinajstić information content (AvgIpc) is 3.74. The van der Waals surface area contributed by atoms with Crippen LogP contribution in [0.4, 0.5) is 5.82 Å². The fraction of sp³-hybridized carbons (Fsp3) is 0.596. The molecule has 1 saturated heterocycles. The number of hydrogen-bond acceptors (Lipinski definition) is 12. The summed E-state index contributed by atoms with van der Waals surface area (Å²) >= 11 is 0. The molecule has 1 spiro atoms. The van der Waals surface area contributed by atoms with Gasteiger partial charge in [0.05, 0.1) is 45.6 Å². The number of methoxy groups -OCH3 is 4. The number of likely N-dealkylation sites (N-methyl/N-ethyl adjacent to an activating group) is 1. The third kappa shape index (κ3) is 7.69. The number of aryl methyl sites for hydroxylation is 1. The van der Waals surface area contributed by atoms with Gasteiger partial charge in [0.1, 0.15) is 12.1 Å². The molecule has 2 amide bonds. The van der Waals surface area contributed by atoms with Crippen molar-refractivity contribution >= 4 is 28.7 Å². The van der Waals surface area contributed by atoms with Gasteiger partial charge in [-0.05, 0) is 98.6 Å². The molecule has 334 valence electrons. The first-order valence-electron chi connectivity index (χ1n) is 22.6. The maximum absolute atomic E-state index is 15.1. The average molecular weight is 852 g/mol. The van der Waals surface area contributed by atoms with E-state index in [1.807, 2.05) is 17.9 Å². The number of nitrogens with one attached hydrogen (secondary N) is 1. The lowest BCUT2D eigenvalue weighted by Gasteiger charge is -2.59. The van der Waals surface area contributed by atoms with Crippen molar-refractivity contribution in [3.05, 3.63) is 59.0 Å². The predicted octanol–water partition coefficient (Wildman–Crippen LogP) is 5.23. The molecule has 62 heavy (non-hydrogen) atoms. The molecule has 8 rings (SSSR count). The zero-order chi connectivity index (χ0) is 43.5. The van der Waals surface area contributed by atoms with Crippen molar-refractivity contribution in [3.63, 3.8) is 0 Å². The third-order valence-corrected chi connectivity index (χ3v) is 14.3. The number of carbonyl (C=O) groups is 2. The molecule has 2 aromatic carbocycles. The maximum Gasteiger partial charge on any atom is 0.225 e. The van der Waals surface area contributed by atoms with Crippen LogP contribution >= 0.6 is 0 Å². The molecule has 5 heterocycles. The normalized spacial score (nSPS) is 22.7. The molecule has 4 aromatic rings. The van der Waals surface area contributed by atoms with Gasteiger partial charge in [-0.3, -0.25) is 14.5 Å². The molecule has 4 atom stereocenters. The summed E-state index contributed by atoms with van der Waals surface area (Å²) in [6.07, 6.45) is 9.47. The Bertz CT molecular complexity index is 2240. The van der Waals surface area contributed by atoms with Crippen molar-refractivity contribution in [1.29, 1.82) is 0 Å². The van der Waals surface area contributed by atoms with Gasteiger partial charge >= 0.3 is 0 Å². The smallest absolute Gasteiger partial charge is 0.225 e. The minimum atomic E-state index is -0.729. The fourth-order valence-electron chi connectivity index (χ4n) is 11.2. The molecule has 3 aliphatic heterocycles. The maximum atomic E-state index is 15.1. The minimum Gasteiger partial charge on any atom is -0.493 e. The molecule has 0 bridgehead atoms. The number of hydrogen-bond donors (Lipinski definition) is 1. The first-order valence-corrected chi connectivity index (χ1v) is 22.6. The van der Waals surface area contributed by atoms with Crippen LogP contribution in [-0.4, -0.2) is 134 Å². The van der Waals surface area contributed by atoms with Crippen LogP contribution in [0.5, 0.6) is 23.0 Å². The fourth-order valence-corrected chi connectivity index (χ4v) is 11.2. The van der Waals surface area contributed by atoms with Gasteiger partial charge in [0.25, 0.3) is 0 Å². The minimum absolute atomic E-state index is 0.117. The van der Waals surface area contributed by atoms with Crippen molar-refractivity contribution in [2.45, 2.75) is 83.3 Å². The number of ether oxygens (including phenoxy) is 4. The van der Waals surface area contributed by atoms with Crippen molar-refractivity contribution in [3.8, 4) is 23.0 Å². The molecule has 15 nitrogen and oxygen atoms in total. The molecule has 0 radical (unpaired) electrons. The van der Waals surface area contributed by atoms with E-state index in [2.05, 4.69) is 73.1 Å². The number of amides is 2. The highest BCUT2D eigenvalue weighted by Gasteiger charge is 2.58. The van der Waals surface area contributed by atoms with Crippen molar-refractivity contribution in [2.75, 3.05) is 92.7 Å². The largest absolute Gasteiger partial charge is 0.493 e. The van der Waals surface area contributed by atoms with Gasteiger partial charge in [-0.25, -0.2) is 14.6 Å². The Kier molecular flexibility index (Phi) is 13.1. The highest BCUT2D eigenvalue weighted by molar-refractivity contribution is 5.87. The summed E-state index contributed by atoms with van der Waals surface area (Å²) in [5, 5.41) is 8.81. The molecule has 15 heteroatoms. The van der Waals surface area contributed by atoms with Crippen LogP contribution in [-0.2, 0) is 34.5 Å². The summed E-state index contributed by atoms with van der Waals surface area (Å²) in [5.41, 5.74) is 4.76. The molecule has 4 aliphatic rings. The number of carbonyl (C=O) groups excluding carboxylic acids is 2. The highest BCUT2D eigenvalue weighted by Crippen LogP contribution is 2.59. The lowest BCUT2D eigenvalue weighted by atomic mass is 9.58. The van der Waals surface area contributed by atoms with E-state index in [1.54, 1.807) is 34.8 Å². The molecule has 2 aromatic heterocycles. The summed E-state index contributed by atoms with van der Waals surface area (Å²) < 4.78 is 25.6. The Balaban J connectivity index is 1.18. The Morgan fingerprint density at radius 1 is 0.855 bits per heavy atom. The first-order chi connectivity index (χ1) is 30.2. The Morgan fingerprint density at radius 3 is 2.24 bits per heavy atom. The van der Waals surface area contributed by atoms with Crippen molar-refractivity contribution < 1.29 is 28.5 Å². The van der Waals surface area contributed by atoms with Gasteiger partial charge in [0.2, 0.25) is 11.8 Å². The second-order valence-electron chi connectivity index (χ2n) is 17.2. The van der Waals surface area contributed by atoms with Crippen molar-refractivity contribution in [1.82, 2.24) is 39.8 Å². The summed E-state index contributed by atoms with van der Waals surface area (Å²) in [5.74, 6) is 3.49. The molecular formula is C47H65N9O6. The van der Waals surface area contributed by atoms with Gasteiger partial charge < -0.3 is 39.0 Å². The number of nitrogens with zero attached hydrogens (tertiary/aromatic N) is 8. The van der Waals surface area contributed by atoms with Crippen LogP contribution in [0.15, 0.2) is 36.8 Å². The predicted molar refractivity (Wildman–Crippen MR) is 238 cm³/mol. The molecular weight excluding hydrogens is 787 g/mol. The number of fused-ring (bicyclic) bond motifs is 4. The Hall–Kier alpha value is -5.15. The SMILES string of the molecule is CCCCn1ncc2c(N3CCN(C(=O)C4CCC5(c6cc(OC)c(OC)cc6CCN5C(=O)CCNC)C(C5c6cc(OC)c(OC)cc6CCN5CC)C4)CC3)ncnc21. The van der Waals surface area contributed by atoms with Crippen molar-refractivity contribution in [2.24, 2.45) is 11.8 Å². The van der Waals surface area contributed by atoms with Gasteiger partial charge in [-0.2, -0.15) is 5.10 Å². The zero-order valence-electron chi connectivity index (χ0n) is 37.7. The summed E-state index contributed by atoms with van der Waals surface area (Å²) in [7, 11) is 8.60. The summed E-state index contributed by atoms with van der Waals surface area (Å²) in [6.45, 7) is 10.6. The van der Waals surface area contributed by atoms with Crippen LogP contribution in [0.1, 0.15) is 80.7 Å². The van der Waals surface area contributed by atoms with Crippen LogP contribution in [0.25, 0.3) is 11.0 Å². The standard InChI is InChI=1S/C47H65N9O6/c1-8-10-17-56-45-35(29-51-56)44(49-30-50-45)53-20-22-54(23-21-53)46(58)33-11-15-47(36-28-41(62-7)39(60-5)26-32(36)14-19-55(47)42(57)12-16-48-3)37(24-33)43-34-27-40(61-6)38(59-4)25-31(34)13-18-52(43)9-2/h25-30,33,37,43,48H,8-24H2,1-7H3. The summed E-state index contributed by atoms with van der Waals surface area (Å²) in [6, 6.07) is 8.41. The van der Waals surface area contributed by atoms with E-state index in [-0.39, 0.29) is 29.7 Å². The van der Waals surface area contributed by atoms with Gasteiger partial charge in [0, 0.05) is 76.7 Å². The second-order valence-corrected chi connectivity index (χ2v) is 17.2. The molecule has 1 N–H and O–H groups in total. The van der Waals surface area contributed by atoms with E-state index in [0.717, 1.165) is 66.9 Å². The molecule has 1 saturated carbocycles. The van der Waals surface area contributed by atoms with Crippen LogP contribution < -0.4 is 29.2 Å². The number of piperazine rings is 1. The van der Waals surface area contributed by atoms with Gasteiger partial charge in [0.15, 0.2) is 28.6 Å². The third-order valence-electron chi connectivity index (χ3n) is 14.3. The number of aromatic nitrogens is 4. The number of anilines is 1. The van der Waals surface area contributed by atoms with E-state index in [0.29, 0.717) is 94.4 Å². The second kappa shape index (κ2) is 18.7. The Labute approximate surface area is 366 Å². The van der Waals surface area contributed by atoms with E-state index < -0.39 is 5.54 Å². The van der Waals surface area contributed by atoms with E-state index >= 15 is 4.79 Å². The number of benzene rings is 2. The van der Waals surface area contributed by atoms with Crippen LogP contribution in [0, 0.1) is 11.8 Å². The Morgan fingerprint density at radius 2 is 1.55 bits per heavy atom. The monoisotopic (exact) mass is 852 g/mol. The van der Waals surface area contributed by atoms with E-state index in [1.165, 1.54) is 11.1 Å². The quantitative estimate of drug-likeness (QED) is 0.178. The molecule has 1 aliphatic carbocycles. The van der Waals surface area contributed by atoms with E-state index in [4.69, 9.17) is 23.9 Å². The van der Waals surface area contributed by atoms with Gasteiger partial charge in [-0.15, -0.1) is 0 Å². The lowest BCUT2D eigenvalue weighted by Crippen LogP contribution is -2.63. The highest BCUT2D eigenvalue weighted by atomic mass is 16.5. The number of unbranched alkanes of at least 4 members (excludes halogenated alkanes) is 1. The topological polar surface area (TPSA) is 140 Å². The molecule has 2 fully saturated rings. The zero-order valence-corrected chi connectivity index (χ0v) is 37.7. The van der Waals surface area contributed by atoms with Gasteiger partial charge in [-0.1, -0.05) is 20.3 Å². The summed E-state index contributed by atoms with van der Waals surface area (Å²) in [4.78, 5) is 48.2. The van der Waals surface area contributed by atoms with Crippen LogP contribution in [0.3, 0.4) is 0 Å². The first kappa shape index (κ1) is 43.5. The van der Waals surface area contributed by atoms with E-state index in [9.17, 15) is 4.79 Å². The molecule has 4 unspecified atom stereocenters. The van der Waals surface area contributed by atoms with Crippen LogP contribution in [0.2, 0.25) is 0 Å². The lowest BCUT2D eigenvalue weighted by molar-refractivity contribution is -0.153.